The highest BCUT2D eigenvalue weighted by molar-refractivity contribution is 5.84. The average molecular weight is 220 g/mol. The molecule has 0 unspecified atom stereocenters. The van der Waals surface area contributed by atoms with Crippen molar-refractivity contribution in [3.63, 3.8) is 0 Å². The van der Waals surface area contributed by atoms with E-state index >= 15 is 0 Å². The molecule has 0 saturated carbocycles. The number of benzene rings is 1. The molecule has 0 aliphatic carbocycles. The Kier molecular flexibility index (Phi) is 6.06. The second-order valence-electron chi connectivity index (χ2n) is 3.18. The van der Waals surface area contributed by atoms with Gasteiger partial charge in [0.1, 0.15) is 0 Å². The van der Waals surface area contributed by atoms with Crippen LogP contribution in [0.15, 0.2) is 34.3 Å². The molecule has 0 fully saturated rings. The Morgan fingerprint density at radius 3 is 1.50 bits per heavy atom. The Hall–Kier alpha value is -1.52. The summed E-state index contributed by atoms with van der Waals surface area (Å²) in [7, 11) is 0. The topological polar surface area (TPSA) is 65.2 Å². The second kappa shape index (κ2) is 7.73. The standard InChI is InChI=1S/C12H16N2O2/c15-7-5-13-9-11-1-2-12(4-3-11)10-14-6-8-16/h1-4,9-10,15-16H,5-8H2. The van der Waals surface area contributed by atoms with E-state index in [1.807, 2.05) is 24.3 Å². The molecule has 0 bridgehead atoms. The van der Waals surface area contributed by atoms with Gasteiger partial charge in [0.05, 0.1) is 26.3 Å². The van der Waals surface area contributed by atoms with E-state index in [-0.39, 0.29) is 13.2 Å². The van der Waals surface area contributed by atoms with Crippen molar-refractivity contribution in [2.24, 2.45) is 9.98 Å². The highest BCUT2D eigenvalue weighted by Gasteiger charge is 1.89. The average Bonchev–Trinajstić information content (AvgIpc) is 2.32. The highest BCUT2D eigenvalue weighted by Crippen LogP contribution is 2.00. The lowest BCUT2D eigenvalue weighted by Crippen LogP contribution is -1.91. The van der Waals surface area contributed by atoms with E-state index in [1.54, 1.807) is 12.4 Å². The van der Waals surface area contributed by atoms with Crippen LogP contribution in [0.1, 0.15) is 11.1 Å². The molecule has 4 nitrogen and oxygen atoms in total. The Labute approximate surface area is 95.0 Å². The minimum Gasteiger partial charge on any atom is -0.394 e. The van der Waals surface area contributed by atoms with Gasteiger partial charge in [0.2, 0.25) is 0 Å². The number of aliphatic hydroxyl groups is 2. The Balaban J connectivity index is 2.54. The van der Waals surface area contributed by atoms with E-state index in [0.29, 0.717) is 13.1 Å². The zero-order valence-electron chi connectivity index (χ0n) is 9.08. The molecule has 0 saturated heterocycles. The molecule has 0 radical (unpaired) electrons. The maximum Gasteiger partial charge on any atom is 0.0626 e. The Morgan fingerprint density at radius 1 is 0.812 bits per heavy atom. The molecule has 0 heterocycles. The fraction of sp³-hybridized carbons (Fsp3) is 0.333. The lowest BCUT2D eigenvalue weighted by molar-refractivity contribution is 0.307. The fourth-order valence-electron chi connectivity index (χ4n) is 1.12. The van der Waals surface area contributed by atoms with Crippen LogP contribution in [0, 0.1) is 0 Å². The van der Waals surface area contributed by atoms with Gasteiger partial charge in [0.25, 0.3) is 0 Å². The first-order valence-corrected chi connectivity index (χ1v) is 5.18. The van der Waals surface area contributed by atoms with Crippen molar-refractivity contribution in [3.8, 4) is 0 Å². The third kappa shape index (κ3) is 4.82. The van der Waals surface area contributed by atoms with Gasteiger partial charge in [0.15, 0.2) is 0 Å². The molecule has 2 N–H and O–H groups in total. The summed E-state index contributed by atoms with van der Waals surface area (Å²) >= 11 is 0. The van der Waals surface area contributed by atoms with Crippen molar-refractivity contribution in [1.29, 1.82) is 0 Å². The summed E-state index contributed by atoms with van der Waals surface area (Å²) in [6.07, 6.45) is 3.45. The van der Waals surface area contributed by atoms with Gasteiger partial charge < -0.3 is 10.2 Å². The third-order valence-corrected chi connectivity index (χ3v) is 1.88. The third-order valence-electron chi connectivity index (χ3n) is 1.88. The van der Waals surface area contributed by atoms with Crippen LogP contribution in [-0.2, 0) is 0 Å². The summed E-state index contributed by atoms with van der Waals surface area (Å²) in [6, 6.07) is 7.73. The summed E-state index contributed by atoms with van der Waals surface area (Å²) in [5.74, 6) is 0. The van der Waals surface area contributed by atoms with Gasteiger partial charge in [-0.15, -0.1) is 0 Å². The van der Waals surface area contributed by atoms with Gasteiger partial charge in [-0.3, -0.25) is 9.98 Å². The lowest BCUT2D eigenvalue weighted by atomic mass is 10.1. The zero-order chi connectivity index (χ0) is 11.6. The Morgan fingerprint density at radius 2 is 1.19 bits per heavy atom. The SMILES string of the molecule is OCCN=Cc1ccc(C=NCCO)cc1. The van der Waals surface area contributed by atoms with E-state index < -0.39 is 0 Å². The van der Waals surface area contributed by atoms with Gasteiger partial charge in [-0.25, -0.2) is 0 Å². The van der Waals surface area contributed by atoms with Gasteiger partial charge in [-0.2, -0.15) is 0 Å². The molecular formula is C12H16N2O2. The van der Waals surface area contributed by atoms with Crippen molar-refractivity contribution in [1.82, 2.24) is 0 Å². The predicted octanol–water partition coefficient (Wildman–Crippen LogP) is 0.509. The number of hydrogen-bond acceptors (Lipinski definition) is 4. The van der Waals surface area contributed by atoms with E-state index in [1.165, 1.54) is 0 Å². The number of rotatable bonds is 6. The summed E-state index contributed by atoms with van der Waals surface area (Å²) in [6.45, 7) is 1.00. The number of hydrogen-bond donors (Lipinski definition) is 2. The maximum absolute atomic E-state index is 8.56. The van der Waals surface area contributed by atoms with Gasteiger partial charge in [0, 0.05) is 12.4 Å². The molecule has 0 aromatic heterocycles. The van der Waals surface area contributed by atoms with Crippen molar-refractivity contribution in [3.05, 3.63) is 35.4 Å². The van der Waals surface area contributed by atoms with E-state index in [4.69, 9.17) is 10.2 Å². The van der Waals surface area contributed by atoms with E-state index in [9.17, 15) is 0 Å². The van der Waals surface area contributed by atoms with Crippen LogP contribution in [0.4, 0.5) is 0 Å². The van der Waals surface area contributed by atoms with E-state index in [0.717, 1.165) is 11.1 Å². The lowest BCUT2D eigenvalue weighted by Gasteiger charge is -1.95. The van der Waals surface area contributed by atoms with Gasteiger partial charge in [-0.1, -0.05) is 24.3 Å². The first kappa shape index (κ1) is 12.5. The second-order valence-corrected chi connectivity index (χ2v) is 3.18. The van der Waals surface area contributed by atoms with Gasteiger partial charge >= 0.3 is 0 Å². The molecule has 4 heteroatoms. The number of nitrogens with zero attached hydrogens (tertiary/aromatic N) is 2. The van der Waals surface area contributed by atoms with Crippen molar-refractivity contribution < 1.29 is 10.2 Å². The molecule has 0 aliphatic heterocycles. The molecule has 0 amide bonds. The summed E-state index contributed by atoms with van der Waals surface area (Å²) in [5, 5.41) is 17.1. The molecule has 1 rings (SSSR count). The Bertz CT molecular complexity index is 310. The fourth-order valence-corrected chi connectivity index (χ4v) is 1.12. The van der Waals surface area contributed by atoms with Crippen LogP contribution in [0.3, 0.4) is 0 Å². The largest absolute Gasteiger partial charge is 0.394 e. The van der Waals surface area contributed by atoms with Crippen LogP contribution in [0.25, 0.3) is 0 Å². The molecule has 1 aromatic rings. The molecule has 0 spiro atoms. The molecule has 0 aliphatic rings. The monoisotopic (exact) mass is 220 g/mol. The predicted molar refractivity (Wildman–Crippen MR) is 65.5 cm³/mol. The quantitative estimate of drug-likeness (QED) is 0.686. The van der Waals surface area contributed by atoms with Crippen molar-refractivity contribution >= 4 is 12.4 Å². The van der Waals surface area contributed by atoms with Crippen LogP contribution >= 0.6 is 0 Å². The molecule has 16 heavy (non-hydrogen) atoms. The molecule has 1 aromatic carbocycles. The zero-order valence-corrected chi connectivity index (χ0v) is 9.08. The highest BCUT2D eigenvalue weighted by atomic mass is 16.3. The smallest absolute Gasteiger partial charge is 0.0626 e. The van der Waals surface area contributed by atoms with Gasteiger partial charge in [-0.05, 0) is 11.1 Å². The maximum atomic E-state index is 8.56. The summed E-state index contributed by atoms with van der Waals surface area (Å²) in [5.41, 5.74) is 1.99. The minimum atomic E-state index is 0.0718. The number of aliphatic imine (C=N–C) groups is 2. The van der Waals surface area contributed by atoms with E-state index in [2.05, 4.69) is 9.98 Å². The van der Waals surface area contributed by atoms with Crippen molar-refractivity contribution in [2.45, 2.75) is 0 Å². The van der Waals surface area contributed by atoms with Crippen LogP contribution in [0.5, 0.6) is 0 Å². The van der Waals surface area contributed by atoms with Crippen LogP contribution < -0.4 is 0 Å². The minimum absolute atomic E-state index is 0.0718. The first-order valence-electron chi connectivity index (χ1n) is 5.18. The summed E-state index contributed by atoms with van der Waals surface area (Å²) in [4.78, 5) is 8.05. The van der Waals surface area contributed by atoms with Crippen LogP contribution in [-0.4, -0.2) is 48.9 Å². The first-order chi connectivity index (χ1) is 7.86. The molecular weight excluding hydrogens is 204 g/mol. The molecule has 86 valence electrons. The normalized spacial score (nSPS) is 11.6. The number of aliphatic hydroxyl groups excluding tert-OH is 2. The van der Waals surface area contributed by atoms with Crippen molar-refractivity contribution in [2.75, 3.05) is 26.3 Å². The summed E-state index contributed by atoms with van der Waals surface area (Å²) < 4.78 is 0. The van der Waals surface area contributed by atoms with Crippen LogP contribution in [0.2, 0.25) is 0 Å². The molecule has 0 atom stereocenters.